The monoisotopic (exact) mass is 742 g/mol. The number of rotatable bonds is 8. The minimum absolute atomic E-state index is 0.629. The van der Waals surface area contributed by atoms with Crippen LogP contribution in [0.1, 0.15) is 0 Å². The first-order chi connectivity index (χ1) is 28.7. The third kappa shape index (κ3) is 6.91. The van der Waals surface area contributed by atoms with Crippen molar-refractivity contribution in [2.75, 3.05) is 0 Å². The average Bonchev–Trinajstić information content (AvgIpc) is 3.32. The van der Waals surface area contributed by atoms with E-state index in [1.54, 1.807) is 24.8 Å². The Hall–Kier alpha value is -7.96. The first kappa shape index (κ1) is 34.5. The molecule has 0 radical (unpaired) electrons. The number of hydrogen-bond acceptors (Lipinski definition) is 6. The van der Waals surface area contributed by atoms with Crippen LogP contribution in [0.15, 0.2) is 207 Å². The Kier molecular flexibility index (Phi) is 9.10. The molecule has 0 spiro atoms. The second-order valence-corrected chi connectivity index (χ2v) is 14.0. The molecule has 4 heterocycles. The molecule has 4 aromatic heterocycles. The smallest absolute Gasteiger partial charge is 0.161 e. The second kappa shape index (κ2) is 15.3. The molecule has 10 rings (SSSR count). The van der Waals surface area contributed by atoms with Crippen LogP contribution in [0, 0.1) is 0 Å². The fourth-order valence-corrected chi connectivity index (χ4v) is 7.40. The van der Waals surface area contributed by atoms with Crippen LogP contribution >= 0.6 is 0 Å². The van der Waals surface area contributed by atoms with Gasteiger partial charge in [-0.15, -0.1) is 0 Å². The van der Waals surface area contributed by atoms with Gasteiger partial charge in [-0.05, 0) is 69.4 Å². The molecule has 0 bridgehead atoms. The highest BCUT2D eigenvalue weighted by Crippen LogP contribution is 2.37. The van der Waals surface area contributed by atoms with Crippen LogP contribution in [0.5, 0.6) is 0 Å². The maximum absolute atomic E-state index is 5.23. The largest absolute Gasteiger partial charge is 0.265 e. The van der Waals surface area contributed by atoms with Gasteiger partial charge in [0.1, 0.15) is 0 Å². The van der Waals surface area contributed by atoms with E-state index in [0.717, 1.165) is 78.1 Å². The van der Waals surface area contributed by atoms with Crippen LogP contribution in [0.4, 0.5) is 0 Å². The summed E-state index contributed by atoms with van der Waals surface area (Å²) in [5, 5.41) is 2.01. The van der Waals surface area contributed by atoms with Crippen molar-refractivity contribution in [3.63, 3.8) is 0 Å². The quantitative estimate of drug-likeness (QED) is 0.154. The molecule has 0 aliphatic heterocycles. The summed E-state index contributed by atoms with van der Waals surface area (Å²) < 4.78 is 0. The number of fused-ring (bicyclic) bond motifs is 1. The van der Waals surface area contributed by atoms with Gasteiger partial charge >= 0.3 is 0 Å². The van der Waals surface area contributed by atoms with Crippen molar-refractivity contribution < 1.29 is 0 Å². The highest BCUT2D eigenvalue weighted by molar-refractivity contribution is 6.03. The SMILES string of the molecule is c1ccc(-c2ccc(-c3cc(-c4ccncc4)nc(-c4cccc5c(-c6nc(-c7ccncc7)cc(-c7ccc(-c8ccccc8)cc7)n6)cccc45)n3)cc2)cc1. The summed E-state index contributed by atoms with van der Waals surface area (Å²) in [5.74, 6) is 1.26. The molecule has 0 unspecified atom stereocenters. The van der Waals surface area contributed by atoms with E-state index in [-0.39, 0.29) is 0 Å². The third-order valence-corrected chi connectivity index (χ3v) is 10.4. The van der Waals surface area contributed by atoms with E-state index < -0.39 is 0 Å². The summed E-state index contributed by atoms with van der Waals surface area (Å²) in [4.78, 5) is 29.3. The van der Waals surface area contributed by atoms with Gasteiger partial charge in [0.15, 0.2) is 11.6 Å². The summed E-state index contributed by atoms with van der Waals surface area (Å²) in [5.41, 5.74) is 13.7. The molecule has 6 heteroatoms. The fraction of sp³-hybridized carbons (Fsp3) is 0. The highest BCUT2D eigenvalue weighted by atomic mass is 14.9. The molecule has 0 saturated heterocycles. The van der Waals surface area contributed by atoms with Crippen molar-refractivity contribution in [3.8, 4) is 90.1 Å². The van der Waals surface area contributed by atoms with Gasteiger partial charge in [-0.1, -0.05) is 146 Å². The molecule has 0 amide bonds. The molecule has 0 N–H and O–H groups in total. The Morgan fingerprint density at radius 3 is 0.914 bits per heavy atom. The molecular formula is C52H34N6. The molecular weight excluding hydrogens is 709 g/mol. The average molecular weight is 743 g/mol. The van der Waals surface area contributed by atoms with Gasteiger partial charge in [-0.3, -0.25) is 9.97 Å². The molecule has 58 heavy (non-hydrogen) atoms. The number of nitrogens with zero attached hydrogens (tertiary/aromatic N) is 6. The Morgan fingerprint density at radius 1 is 0.241 bits per heavy atom. The number of aromatic nitrogens is 6. The van der Waals surface area contributed by atoms with E-state index in [0.29, 0.717) is 11.6 Å². The van der Waals surface area contributed by atoms with E-state index in [2.05, 4.69) is 156 Å². The first-order valence-electron chi connectivity index (χ1n) is 19.2. The molecule has 0 aliphatic rings. The summed E-state index contributed by atoms with van der Waals surface area (Å²) in [6.45, 7) is 0. The molecule has 6 nitrogen and oxygen atoms in total. The predicted octanol–water partition coefficient (Wildman–Crippen LogP) is 12.5. The van der Waals surface area contributed by atoms with Crippen molar-refractivity contribution in [3.05, 3.63) is 207 Å². The topological polar surface area (TPSA) is 77.3 Å². The van der Waals surface area contributed by atoms with Gasteiger partial charge in [0.2, 0.25) is 0 Å². The Morgan fingerprint density at radius 2 is 0.552 bits per heavy atom. The van der Waals surface area contributed by atoms with E-state index in [1.165, 1.54) is 11.1 Å². The van der Waals surface area contributed by atoms with Crippen molar-refractivity contribution in [2.24, 2.45) is 0 Å². The van der Waals surface area contributed by atoms with E-state index >= 15 is 0 Å². The zero-order chi connectivity index (χ0) is 38.7. The van der Waals surface area contributed by atoms with E-state index in [1.807, 2.05) is 36.4 Å². The van der Waals surface area contributed by atoms with Crippen LogP contribution in [-0.2, 0) is 0 Å². The zero-order valence-corrected chi connectivity index (χ0v) is 31.3. The fourth-order valence-electron chi connectivity index (χ4n) is 7.40. The zero-order valence-electron chi connectivity index (χ0n) is 31.3. The second-order valence-electron chi connectivity index (χ2n) is 14.0. The van der Waals surface area contributed by atoms with Crippen LogP contribution in [-0.4, -0.2) is 29.9 Å². The molecule has 0 aliphatic carbocycles. The van der Waals surface area contributed by atoms with Crippen LogP contribution < -0.4 is 0 Å². The van der Waals surface area contributed by atoms with Crippen molar-refractivity contribution in [1.29, 1.82) is 0 Å². The van der Waals surface area contributed by atoms with Gasteiger partial charge in [0.05, 0.1) is 22.8 Å². The van der Waals surface area contributed by atoms with Crippen molar-refractivity contribution >= 4 is 10.8 Å². The third-order valence-electron chi connectivity index (χ3n) is 10.4. The van der Waals surface area contributed by atoms with Gasteiger partial charge < -0.3 is 0 Å². The minimum atomic E-state index is 0.629. The molecule has 6 aromatic carbocycles. The Labute approximate surface area is 336 Å². The summed E-state index contributed by atoms with van der Waals surface area (Å²) in [7, 11) is 0. The Bertz CT molecular complexity index is 2800. The molecule has 0 atom stereocenters. The highest BCUT2D eigenvalue weighted by Gasteiger charge is 2.17. The molecule has 0 saturated carbocycles. The maximum Gasteiger partial charge on any atom is 0.161 e. The van der Waals surface area contributed by atoms with Crippen molar-refractivity contribution in [2.45, 2.75) is 0 Å². The number of hydrogen-bond donors (Lipinski definition) is 0. The van der Waals surface area contributed by atoms with E-state index in [9.17, 15) is 0 Å². The van der Waals surface area contributed by atoms with Gasteiger partial charge in [-0.25, -0.2) is 19.9 Å². The van der Waals surface area contributed by atoms with Crippen LogP contribution in [0.3, 0.4) is 0 Å². The number of pyridine rings is 2. The van der Waals surface area contributed by atoms with Crippen molar-refractivity contribution in [1.82, 2.24) is 29.9 Å². The standard InChI is InChI=1S/C52H34N6/c1-3-9-35(10-4-1)37-17-21-39(22-18-37)47-33-49(41-25-29-53-30-26-41)57-51(55-47)45-15-7-14-44-43(45)13-8-16-46(44)52-56-48(34-50(58-52)42-27-31-54-32-28-42)40-23-19-38(20-24-40)36-11-5-2-6-12-36/h1-34H. The van der Waals surface area contributed by atoms with E-state index in [4.69, 9.17) is 19.9 Å². The van der Waals surface area contributed by atoms with Crippen LogP contribution in [0.2, 0.25) is 0 Å². The molecule has 0 fully saturated rings. The Balaban J connectivity index is 1.10. The lowest BCUT2D eigenvalue weighted by Crippen LogP contribution is -1.98. The summed E-state index contributed by atoms with van der Waals surface area (Å²) in [6, 6.07) is 62.5. The maximum atomic E-state index is 5.23. The van der Waals surface area contributed by atoms with Gasteiger partial charge in [0, 0.05) is 58.2 Å². The molecule has 10 aromatic rings. The lowest BCUT2D eigenvalue weighted by atomic mass is 9.98. The lowest BCUT2D eigenvalue weighted by molar-refractivity contribution is 1.18. The van der Waals surface area contributed by atoms with Gasteiger partial charge in [-0.2, -0.15) is 0 Å². The first-order valence-corrected chi connectivity index (χ1v) is 19.2. The van der Waals surface area contributed by atoms with Crippen LogP contribution in [0.25, 0.3) is 101 Å². The minimum Gasteiger partial charge on any atom is -0.265 e. The predicted molar refractivity (Wildman–Crippen MR) is 234 cm³/mol. The lowest BCUT2D eigenvalue weighted by Gasteiger charge is -2.14. The van der Waals surface area contributed by atoms with Gasteiger partial charge in [0.25, 0.3) is 0 Å². The number of benzene rings is 6. The summed E-state index contributed by atoms with van der Waals surface area (Å²) in [6.07, 6.45) is 7.17. The summed E-state index contributed by atoms with van der Waals surface area (Å²) >= 11 is 0. The normalized spacial score (nSPS) is 11.1. The molecule has 272 valence electrons.